The Kier molecular flexibility index (Phi) is 4.46. The van der Waals surface area contributed by atoms with Gasteiger partial charge >= 0.3 is 6.18 Å². The van der Waals surface area contributed by atoms with Crippen LogP contribution in [0.2, 0.25) is 10.0 Å². The van der Waals surface area contributed by atoms with Gasteiger partial charge in [-0.3, -0.25) is 0 Å². The average Bonchev–Trinajstić information content (AvgIpc) is 2.87. The Morgan fingerprint density at radius 3 is 2.38 bits per heavy atom. The number of alkyl halides is 3. The Hall–Kier alpha value is -1.76. The van der Waals surface area contributed by atoms with Gasteiger partial charge in [0.25, 0.3) is 0 Å². The van der Waals surface area contributed by atoms with Gasteiger partial charge in [-0.25, -0.2) is 4.98 Å². The molecule has 2 N–H and O–H groups in total. The summed E-state index contributed by atoms with van der Waals surface area (Å²) in [6.07, 6.45) is -3.14. The largest absolute Gasteiger partial charge is 0.417 e. The van der Waals surface area contributed by atoms with Crippen LogP contribution in [0.15, 0.2) is 36.5 Å². The van der Waals surface area contributed by atoms with Crippen molar-refractivity contribution in [3.8, 4) is 11.3 Å². The topological polar surface area (TPSA) is 43.3 Å². The number of fused-ring (bicyclic) bond motifs is 1. The van der Waals surface area contributed by atoms with Gasteiger partial charge in [-0.05, 0) is 24.7 Å². The van der Waals surface area contributed by atoms with Crippen LogP contribution in [0.25, 0.3) is 16.9 Å². The summed E-state index contributed by atoms with van der Waals surface area (Å²) in [4.78, 5) is 4.42. The van der Waals surface area contributed by atoms with Crippen molar-refractivity contribution in [2.45, 2.75) is 12.6 Å². The number of imidazole rings is 1. The van der Waals surface area contributed by atoms with Crippen LogP contribution in [-0.2, 0) is 12.6 Å². The molecule has 3 rings (SSSR count). The maximum Gasteiger partial charge on any atom is 0.417 e. The highest BCUT2D eigenvalue weighted by Crippen LogP contribution is 2.35. The van der Waals surface area contributed by atoms with Crippen molar-refractivity contribution >= 4 is 28.8 Å². The number of aromatic nitrogens is 2. The zero-order valence-electron chi connectivity index (χ0n) is 12.2. The van der Waals surface area contributed by atoms with Crippen molar-refractivity contribution in [1.29, 1.82) is 0 Å². The first kappa shape index (κ1) is 17.1. The lowest BCUT2D eigenvalue weighted by Gasteiger charge is -2.10. The fourth-order valence-electron chi connectivity index (χ4n) is 2.52. The third-order valence-electron chi connectivity index (χ3n) is 3.60. The smallest absolute Gasteiger partial charge is 0.330 e. The van der Waals surface area contributed by atoms with E-state index in [0.29, 0.717) is 22.8 Å². The minimum absolute atomic E-state index is 0.0664. The first-order chi connectivity index (χ1) is 11.3. The van der Waals surface area contributed by atoms with Crippen molar-refractivity contribution in [2.75, 3.05) is 6.54 Å². The maximum absolute atomic E-state index is 13.1. The minimum Gasteiger partial charge on any atom is -0.330 e. The van der Waals surface area contributed by atoms with Gasteiger partial charge in [0.05, 0.1) is 22.0 Å². The SMILES string of the molecule is NCCc1c(-c2ccc(Cl)cc2)nc2c(Cl)cc(C(F)(F)F)cn12. The van der Waals surface area contributed by atoms with Crippen LogP contribution in [0.4, 0.5) is 13.2 Å². The van der Waals surface area contributed by atoms with E-state index in [0.717, 1.165) is 17.8 Å². The number of benzene rings is 1. The number of nitrogens with zero attached hydrogens (tertiary/aromatic N) is 2. The summed E-state index contributed by atoms with van der Waals surface area (Å²) in [5.41, 5.74) is 6.90. The second-order valence-electron chi connectivity index (χ2n) is 5.22. The molecule has 0 atom stereocenters. The van der Waals surface area contributed by atoms with Crippen LogP contribution in [0.1, 0.15) is 11.3 Å². The van der Waals surface area contributed by atoms with E-state index in [-0.39, 0.29) is 17.2 Å². The number of nitrogens with two attached hydrogens (primary N) is 1. The molecule has 0 aliphatic rings. The Balaban J connectivity index is 2.28. The predicted octanol–water partition coefficient (Wildman–Crippen LogP) is 4.83. The van der Waals surface area contributed by atoms with Gasteiger partial charge in [0.1, 0.15) is 0 Å². The quantitative estimate of drug-likeness (QED) is 0.714. The maximum atomic E-state index is 13.1. The van der Waals surface area contributed by atoms with Crippen LogP contribution < -0.4 is 5.73 Å². The monoisotopic (exact) mass is 373 g/mol. The van der Waals surface area contributed by atoms with E-state index in [9.17, 15) is 13.2 Å². The molecule has 0 fully saturated rings. The normalized spacial score (nSPS) is 12.1. The molecule has 8 heteroatoms. The standard InChI is InChI=1S/C16H12Cl2F3N3/c17-11-3-1-9(2-4-11)14-13(5-6-22)24-8-10(16(19,20)21)7-12(18)15(24)23-14/h1-4,7-8H,5-6,22H2. The van der Waals surface area contributed by atoms with E-state index in [1.807, 2.05) is 0 Å². The molecule has 0 saturated carbocycles. The summed E-state index contributed by atoms with van der Waals surface area (Å²) in [7, 11) is 0. The lowest BCUT2D eigenvalue weighted by molar-refractivity contribution is -0.137. The van der Waals surface area contributed by atoms with Gasteiger partial charge < -0.3 is 10.1 Å². The first-order valence-electron chi connectivity index (χ1n) is 7.05. The van der Waals surface area contributed by atoms with Crippen molar-refractivity contribution < 1.29 is 13.2 Å². The molecule has 0 spiro atoms. The first-order valence-corrected chi connectivity index (χ1v) is 7.80. The molecule has 0 unspecified atom stereocenters. The molecule has 0 radical (unpaired) electrons. The number of rotatable bonds is 3. The highest BCUT2D eigenvalue weighted by atomic mass is 35.5. The fraction of sp³-hybridized carbons (Fsp3) is 0.188. The van der Waals surface area contributed by atoms with E-state index in [1.54, 1.807) is 24.3 Å². The zero-order valence-corrected chi connectivity index (χ0v) is 13.8. The molecule has 2 aromatic heterocycles. The lowest BCUT2D eigenvalue weighted by atomic mass is 10.1. The molecule has 126 valence electrons. The molecule has 0 aliphatic carbocycles. The van der Waals surface area contributed by atoms with Gasteiger partial charge in [0, 0.05) is 23.2 Å². The van der Waals surface area contributed by atoms with E-state index >= 15 is 0 Å². The summed E-state index contributed by atoms with van der Waals surface area (Å²) < 4.78 is 40.5. The second kappa shape index (κ2) is 6.27. The molecule has 3 nitrogen and oxygen atoms in total. The summed E-state index contributed by atoms with van der Waals surface area (Å²) in [5.74, 6) is 0. The van der Waals surface area contributed by atoms with Gasteiger partial charge in [-0.15, -0.1) is 0 Å². The van der Waals surface area contributed by atoms with Crippen molar-refractivity contribution in [3.05, 3.63) is 57.8 Å². The van der Waals surface area contributed by atoms with E-state index in [1.165, 1.54) is 4.40 Å². The van der Waals surface area contributed by atoms with Crippen LogP contribution in [0.3, 0.4) is 0 Å². The Morgan fingerprint density at radius 1 is 1.12 bits per heavy atom. The predicted molar refractivity (Wildman–Crippen MR) is 88.4 cm³/mol. The Labute approximate surface area is 145 Å². The molecule has 0 bridgehead atoms. The third kappa shape index (κ3) is 3.09. The van der Waals surface area contributed by atoms with Crippen LogP contribution >= 0.6 is 23.2 Å². The number of halogens is 5. The zero-order chi connectivity index (χ0) is 17.5. The van der Waals surface area contributed by atoms with Gasteiger partial charge in [-0.1, -0.05) is 35.3 Å². The lowest BCUT2D eigenvalue weighted by Crippen LogP contribution is -2.10. The molecule has 24 heavy (non-hydrogen) atoms. The van der Waals surface area contributed by atoms with Gasteiger partial charge in [0.2, 0.25) is 0 Å². The number of hydrogen-bond acceptors (Lipinski definition) is 2. The molecule has 3 aromatic rings. The average molecular weight is 374 g/mol. The summed E-state index contributed by atoms with van der Waals surface area (Å²) in [6, 6.07) is 7.76. The molecule has 1 aromatic carbocycles. The molecule has 0 saturated heterocycles. The number of pyridine rings is 1. The molecular formula is C16H12Cl2F3N3. The Bertz CT molecular complexity index is 886. The highest BCUT2D eigenvalue weighted by Gasteiger charge is 2.32. The molecule has 0 aliphatic heterocycles. The summed E-state index contributed by atoms with van der Waals surface area (Å²) in [6.45, 7) is 0.266. The third-order valence-corrected chi connectivity index (χ3v) is 4.13. The van der Waals surface area contributed by atoms with Crippen molar-refractivity contribution in [3.63, 3.8) is 0 Å². The molecule has 2 heterocycles. The summed E-state index contributed by atoms with van der Waals surface area (Å²) in [5, 5.41) is 0.489. The molecule has 0 amide bonds. The summed E-state index contributed by atoms with van der Waals surface area (Å²) >= 11 is 11.9. The van der Waals surface area contributed by atoms with E-state index in [4.69, 9.17) is 28.9 Å². The van der Waals surface area contributed by atoms with Crippen LogP contribution in [0.5, 0.6) is 0 Å². The molecular weight excluding hydrogens is 362 g/mol. The van der Waals surface area contributed by atoms with Crippen molar-refractivity contribution in [1.82, 2.24) is 9.38 Å². The number of hydrogen-bond donors (Lipinski definition) is 1. The van der Waals surface area contributed by atoms with Crippen molar-refractivity contribution in [2.24, 2.45) is 5.73 Å². The Morgan fingerprint density at radius 2 is 1.79 bits per heavy atom. The van der Waals surface area contributed by atoms with E-state index in [2.05, 4.69) is 4.98 Å². The van der Waals surface area contributed by atoms with Crippen LogP contribution in [0, 0.1) is 0 Å². The fourth-order valence-corrected chi connectivity index (χ4v) is 2.90. The second-order valence-corrected chi connectivity index (χ2v) is 6.06. The van der Waals surface area contributed by atoms with Crippen LogP contribution in [-0.4, -0.2) is 15.9 Å². The van der Waals surface area contributed by atoms with Gasteiger partial charge in [-0.2, -0.15) is 13.2 Å². The minimum atomic E-state index is -4.50. The van der Waals surface area contributed by atoms with Gasteiger partial charge in [0.15, 0.2) is 5.65 Å². The van der Waals surface area contributed by atoms with E-state index < -0.39 is 11.7 Å². The highest BCUT2D eigenvalue weighted by molar-refractivity contribution is 6.33.